The van der Waals surface area contributed by atoms with E-state index in [2.05, 4.69) is 10.2 Å². The summed E-state index contributed by atoms with van der Waals surface area (Å²) in [7, 11) is -3.72. The molecule has 0 radical (unpaired) electrons. The minimum Gasteiger partial charge on any atom is -0.425 e. The standard InChI is InChI=1S/C20H19F2N3O3S/c21-16-5-3-14(4-6-16)12-19-23-24-20(28-19)15-2-1-11-25(13-15)29(26,27)18-9-7-17(22)8-10-18/h3-10,15H,1-2,11-13H2. The molecule has 152 valence electrons. The van der Waals surface area contributed by atoms with E-state index in [1.807, 2.05) is 0 Å². The van der Waals surface area contributed by atoms with Crippen molar-refractivity contribution in [2.75, 3.05) is 13.1 Å². The molecule has 0 aliphatic carbocycles. The lowest BCUT2D eigenvalue weighted by molar-refractivity contribution is 0.281. The van der Waals surface area contributed by atoms with E-state index in [0.717, 1.165) is 24.1 Å². The van der Waals surface area contributed by atoms with Gasteiger partial charge in [-0.05, 0) is 54.8 Å². The fourth-order valence-corrected chi connectivity index (χ4v) is 4.92. The molecule has 0 saturated carbocycles. The third-order valence-electron chi connectivity index (χ3n) is 4.94. The van der Waals surface area contributed by atoms with Crippen LogP contribution in [0, 0.1) is 11.6 Å². The first-order chi connectivity index (χ1) is 13.9. The van der Waals surface area contributed by atoms with Gasteiger partial charge >= 0.3 is 0 Å². The van der Waals surface area contributed by atoms with Crippen LogP contribution in [0.3, 0.4) is 0 Å². The van der Waals surface area contributed by atoms with Crippen LogP contribution in [0.1, 0.15) is 36.1 Å². The van der Waals surface area contributed by atoms with Gasteiger partial charge in [0.1, 0.15) is 11.6 Å². The Kier molecular flexibility index (Phi) is 5.42. The van der Waals surface area contributed by atoms with Crippen LogP contribution < -0.4 is 0 Å². The van der Waals surface area contributed by atoms with Crippen LogP contribution in [0.25, 0.3) is 0 Å². The fourth-order valence-electron chi connectivity index (χ4n) is 3.40. The predicted molar refractivity (Wildman–Crippen MR) is 101 cm³/mol. The molecule has 0 spiro atoms. The number of piperidine rings is 1. The number of hydrogen-bond acceptors (Lipinski definition) is 5. The van der Waals surface area contributed by atoms with Crippen LogP contribution in [0.5, 0.6) is 0 Å². The van der Waals surface area contributed by atoms with Crippen molar-refractivity contribution in [1.82, 2.24) is 14.5 Å². The summed E-state index contributed by atoms with van der Waals surface area (Å²) in [4.78, 5) is 0.0575. The predicted octanol–water partition coefficient (Wildman–Crippen LogP) is 3.51. The smallest absolute Gasteiger partial charge is 0.243 e. The summed E-state index contributed by atoms with van der Waals surface area (Å²) < 4.78 is 59.0. The van der Waals surface area contributed by atoms with Gasteiger partial charge in [0.2, 0.25) is 21.8 Å². The van der Waals surface area contributed by atoms with E-state index < -0.39 is 15.8 Å². The molecule has 4 rings (SSSR count). The molecule has 1 aliphatic heterocycles. The largest absolute Gasteiger partial charge is 0.425 e. The second-order valence-corrected chi connectivity index (χ2v) is 8.93. The zero-order valence-corrected chi connectivity index (χ0v) is 16.3. The van der Waals surface area contributed by atoms with Crippen molar-refractivity contribution in [1.29, 1.82) is 0 Å². The first kappa shape index (κ1) is 19.7. The quantitative estimate of drug-likeness (QED) is 0.633. The lowest BCUT2D eigenvalue weighted by Gasteiger charge is -2.30. The molecule has 1 aliphatic rings. The third-order valence-corrected chi connectivity index (χ3v) is 6.82. The Morgan fingerprint density at radius 1 is 1.00 bits per heavy atom. The summed E-state index contributed by atoms with van der Waals surface area (Å²) >= 11 is 0. The Morgan fingerprint density at radius 3 is 2.34 bits per heavy atom. The first-order valence-corrected chi connectivity index (χ1v) is 10.7. The Labute approximate surface area is 167 Å². The zero-order chi connectivity index (χ0) is 20.4. The van der Waals surface area contributed by atoms with Gasteiger partial charge in [0.25, 0.3) is 0 Å². The first-order valence-electron chi connectivity index (χ1n) is 9.24. The fraction of sp³-hybridized carbons (Fsp3) is 0.300. The van der Waals surface area contributed by atoms with Crippen molar-refractivity contribution >= 4 is 10.0 Å². The molecule has 1 atom stereocenters. The van der Waals surface area contributed by atoms with E-state index in [9.17, 15) is 17.2 Å². The molecule has 0 bridgehead atoms. The SMILES string of the molecule is O=S(=O)(c1ccc(F)cc1)N1CCCC(c2nnc(Cc3ccc(F)cc3)o2)C1. The number of hydrogen-bond donors (Lipinski definition) is 0. The molecule has 0 amide bonds. The van der Waals surface area contributed by atoms with Gasteiger partial charge in [-0.3, -0.25) is 0 Å². The number of rotatable bonds is 5. The van der Waals surface area contributed by atoms with Gasteiger partial charge in [-0.15, -0.1) is 10.2 Å². The maximum Gasteiger partial charge on any atom is 0.243 e. The van der Waals surface area contributed by atoms with Gasteiger partial charge in [-0.2, -0.15) is 4.31 Å². The van der Waals surface area contributed by atoms with Gasteiger partial charge < -0.3 is 4.42 Å². The van der Waals surface area contributed by atoms with Crippen LogP contribution in [0.4, 0.5) is 8.78 Å². The van der Waals surface area contributed by atoms with Crippen molar-refractivity contribution in [2.45, 2.75) is 30.1 Å². The van der Waals surface area contributed by atoms with E-state index in [4.69, 9.17) is 4.42 Å². The highest BCUT2D eigenvalue weighted by molar-refractivity contribution is 7.89. The summed E-state index contributed by atoms with van der Waals surface area (Å²) in [6.07, 6.45) is 1.76. The van der Waals surface area contributed by atoms with E-state index in [1.54, 1.807) is 12.1 Å². The average Bonchev–Trinajstić information content (AvgIpc) is 3.19. The third kappa shape index (κ3) is 4.35. The summed E-state index contributed by atoms with van der Waals surface area (Å²) in [6, 6.07) is 10.8. The van der Waals surface area contributed by atoms with E-state index >= 15 is 0 Å². The van der Waals surface area contributed by atoms with Crippen molar-refractivity contribution in [3.63, 3.8) is 0 Å². The van der Waals surface area contributed by atoms with Crippen molar-refractivity contribution in [3.8, 4) is 0 Å². The van der Waals surface area contributed by atoms with Crippen LogP contribution in [-0.4, -0.2) is 36.0 Å². The van der Waals surface area contributed by atoms with E-state index in [1.165, 1.54) is 28.6 Å². The van der Waals surface area contributed by atoms with Crippen LogP contribution >= 0.6 is 0 Å². The monoisotopic (exact) mass is 419 g/mol. The summed E-state index contributed by atoms with van der Waals surface area (Å²) in [5, 5.41) is 8.14. The lowest BCUT2D eigenvalue weighted by atomic mass is 10.00. The molecule has 29 heavy (non-hydrogen) atoms. The Morgan fingerprint density at radius 2 is 1.66 bits per heavy atom. The molecule has 1 fully saturated rings. The molecule has 1 saturated heterocycles. The summed E-state index contributed by atoms with van der Waals surface area (Å²) in [5.41, 5.74) is 0.839. The van der Waals surface area contributed by atoms with Gasteiger partial charge in [-0.1, -0.05) is 12.1 Å². The molecule has 6 nitrogen and oxygen atoms in total. The van der Waals surface area contributed by atoms with E-state index in [0.29, 0.717) is 31.2 Å². The second kappa shape index (κ2) is 8.00. The molecule has 2 aromatic carbocycles. The highest BCUT2D eigenvalue weighted by Crippen LogP contribution is 2.30. The highest BCUT2D eigenvalue weighted by Gasteiger charge is 2.33. The molecule has 9 heteroatoms. The number of aromatic nitrogens is 2. The number of halogens is 2. The molecule has 2 heterocycles. The second-order valence-electron chi connectivity index (χ2n) is 6.99. The summed E-state index contributed by atoms with van der Waals surface area (Å²) in [6.45, 7) is 0.602. The zero-order valence-electron chi connectivity index (χ0n) is 15.5. The Bertz CT molecular complexity index is 1080. The Balaban J connectivity index is 1.48. The minimum atomic E-state index is -3.72. The van der Waals surface area contributed by atoms with Crippen LogP contribution in [0.15, 0.2) is 57.8 Å². The maximum atomic E-state index is 13.1. The minimum absolute atomic E-state index is 0.0575. The van der Waals surface area contributed by atoms with Gasteiger partial charge in [0.05, 0.1) is 17.2 Å². The number of benzene rings is 2. The molecule has 1 unspecified atom stereocenters. The number of nitrogens with zero attached hydrogens (tertiary/aromatic N) is 3. The Hall–Kier alpha value is -2.65. The average molecular weight is 419 g/mol. The summed E-state index contributed by atoms with van der Waals surface area (Å²) in [5.74, 6) is -0.232. The van der Waals surface area contributed by atoms with Crippen LogP contribution in [-0.2, 0) is 16.4 Å². The molecular formula is C20H19F2N3O3S. The van der Waals surface area contributed by atoms with Crippen molar-refractivity contribution in [3.05, 3.63) is 77.5 Å². The molecule has 1 aromatic heterocycles. The molecule has 0 N–H and O–H groups in total. The number of sulfonamides is 1. The van der Waals surface area contributed by atoms with Crippen LogP contribution in [0.2, 0.25) is 0 Å². The highest BCUT2D eigenvalue weighted by atomic mass is 32.2. The van der Waals surface area contributed by atoms with Crippen molar-refractivity contribution < 1.29 is 21.6 Å². The lowest BCUT2D eigenvalue weighted by Crippen LogP contribution is -2.39. The van der Waals surface area contributed by atoms with Gasteiger partial charge in [0.15, 0.2) is 0 Å². The van der Waals surface area contributed by atoms with Gasteiger partial charge in [0, 0.05) is 13.1 Å². The molecular weight excluding hydrogens is 400 g/mol. The van der Waals surface area contributed by atoms with Crippen molar-refractivity contribution in [2.24, 2.45) is 0 Å². The van der Waals surface area contributed by atoms with E-state index in [-0.39, 0.29) is 23.2 Å². The topological polar surface area (TPSA) is 76.3 Å². The maximum absolute atomic E-state index is 13.1. The molecule has 3 aromatic rings. The normalized spacial score (nSPS) is 18.1. The van der Waals surface area contributed by atoms with Gasteiger partial charge in [-0.25, -0.2) is 17.2 Å².